The summed E-state index contributed by atoms with van der Waals surface area (Å²) in [6, 6.07) is 13.8. The first-order chi connectivity index (χ1) is 10.6. The first-order valence-corrected chi connectivity index (χ1v) is 7.37. The van der Waals surface area contributed by atoms with E-state index in [9.17, 15) is 4.79 Å². The first-order valence-electron chi connectivity index (χ1n) is 6.21. The van der Waals surface area contributed by atoms with Crippen LogP contribution >= 0.6 is 35.4 Å². The number of benzene rings is 2. The van der Waals surface area contributed by atoms with E-state index in [1.807, 2.05) is 6.07 Å². The van der Waals surface area contributed by atoms with Crippen molar-refractivity contribution in [1.29, 1.82) is 0 Å². The van der Waals surface area contributed by atoms with Crippen molar-refractivity contribution in [2.45, 2.75) is 0 Å². The number of halogens is 2. The second kappa shape index (κ2) is 7.89. The Kier molecular flexibility index (Phi) is 5.89. The molecule has 2 N–H and O–H groups in total. The molecule has 0 unspecified atom stereocenters. The fourth-order valence-electron chi connectivity index (χ4n) is 1.57. The van der Waals surface area contributed by atoms with Crippen LogP contribution in [-0.2, 0) is 0 Å². The van der Waals surface area contributed by atoms with Crippen LogP contribution in [0.15, 0.2) is 53.6 Å². The van der Waals surface area contributed by atoms with Gasteiger partial charge in [0.05, 0.1) is 16.9 Å². The number of nitrogens with one attached hydrogen (secondary N) is 2. The van der Waals surface area contributed by atoms with Crippen LogP contribution < -0.4 is 10.7 Å². The molecule has 22 heavy (non-hydrogen) atoms. The summed E-state index contributed by atoms with van der Waals surface area (Å²) in [5.41, 5.74) is 3.69. The molecule has 2 rings (SSSR count). The molecular formula is C15H11Cl2N3OS. The second-order valence-corrected chi connectivity index (χ2v) is 5.43. The zero-order valence-corrected chi connectivity index (χ0v) is 13.5. The molecule has 112 valence electrons. The van der Waals surface area contributed by atoms with Crippen molar-refractivity contribution >= 4 is 58.2 Å². The first kappa shape index (κ1) is 16.4. The third-order valence-electron chi connectivity index (χ3n) is 2.59. The summed E-state index contributed by atoms with van der Waals surface area (Å²) < 4.78 is 0. The van der Waals surface area contributed by atoms with Gasteiger partial charge in [-0.15, -0.1) is 0 Å². The van der Waals surface area contributed by atoms with Gasteiger partial charge in [0.25, 0.3) is 0 Å². The number of hydrazone groups is 1. The minimum atomic E-state index is -0.222. The predicted octanol–water partition coefficient (Wildman–Crippen LogP) is 4.15. The number of ketones is 1. The molecule has 0 saturated carbocycles. The molecule has 0 aliphatic heterocycles. The van der Waals surface area contributed by atoms with Crippen LogP contribution in [0.25, 0.3) is 0 Å². The van der Waals surface area contributed by atoms with Crippen LogP contribution in [0.4, 0.5) is 5.69 Å². The summed E-state index contributed by atoms with van der Waals surface area (Å²) in [6.07, 6.45) is 1.16. The SMILES string of the molecule is O=C(C=NNC(=S)Nc1ccc(Cl)cc1Cl)c1ccccc1. The minimum absolute atomic E-state index is 0.210. The number of carbonyl (C=O) groups excluding carboxylic acids is 1. The third kappa shape index (κ3) is 4.80. The van der Waals surface area contributed by atoms with Gasteiger partial charge in [-0.1, -0.05) is 53.5 Å². The van der Waals surface area contributed by atoms with Crippen LogP contribution in [0, 0.1) is 0 Å². The Morgan fingerprint density at radius 2 is 1.86 bits per heavy atom. The van der Waals surface area contributed by atoms with Gasteiger partial charge < -0.3 is 5.32 Å². The maximum absolute atomic E-state index is 11.8. The molecule has 0 heterocycles. The van der Waals surface area contributed by atoms with E-state index in [1.54, 1.807) is 42.5 Å². The molecule has 7 heteroatoms. The van der Waals surface area contributed by atoms with Gasteiger partial charge in [-0.25, -0.2) is 0 Å². The van der Waals surface area contributed by atoms with Crippen LogP contribution in [0.1, 0.15) is 10.4 Å². The lowest BCUT2D eigenvalue weighted by atomic mass is 10.1. The Morgan fingerprint density at radius 3 is 2.55 bits per heavy atom. The number of anilines is 1. The molecule has 0 aliphatic carbocycles. The van der Waals surface area contributed by atoms with Gasteiger partial charge in [0.15, 0.2) is 5.11 Å². The Balaban J connectivity index is 1.90. The quantitative estimate of drug-likeness (QED) is 0.376. The lowest BCUT2D eigenvalue weighted by molar-refractivity contribution is 0.107. The normalized spacial score (nSPS) is 10.5. The zero-order valence-electron chi connectivity index (χ0n) is 11.2. The maximum atomic E-state index is 11.8. The molecule has 2 aromatic rings. The number of thiocarbonyl (C=S) groups is 1. The van der Waals surface area contributed by atoms with Gasteiger partial charge in [-0.3, -0.25) is 10.2 Å². The van der Waals surface area contributed by atoms with Crippen LogP contribution in [-0.4, -0.2) is 17.1 Å². The standard InChI is InChI=1S/C15H11Cl2N3OS/c16-11-6-7-13(12(17)8-11)19-15(22)20-18-9-14(21)10-4-2-1-3-5-10/h1-9H,(H2,19,20,22). The molecule has 0 atom stereocenters. The molecule has 4 nitrogen and oxygen atoms in total. The summed E-state index contributed by atoms with van der Waals surface area (Å²) >= 11 is 16.9. The smallest absolute Gasteiger partial charge is 0.205 e. The van der Waals surface area contributed by atoms with E-state index in [0.29, 0.717) is 21.3 Å². The van der Waals surface area contributed by atoms with Gasteiger partial charge >= 0.3 is 0 Å². The van der Waals surface area contributed by atoms with Crippen LogP contribution in [0.2, 0.25) is 10.0 Å². The molecular weight excluding hydrogens is 341 g/mol. The molecule has 0 radical (unpaired) electrons. The molecule has 0 spiro atoms. The fraction of sp³-hybridized carbons (Fsp3) is 0. The second-order valence-electron chi connectivity index (χ2n) is 4.18. The molecule has 0 fully saturated rings. The average Bonchev–Trinajstić information content (AvgIpc) is 2.51. The number of Topliss-reactive ketones (excluding diaryl/α,β-unsaturated/α-hetero) is 1. The Labute approximate surface area is 143 Å². The zero-order chi connectivity index (χ0) is 15.9. The lowest BCUT2D eigenvalue weighted by Gasteiger charge is -2.08. The fourth-order valence-corrected chi connectivity index (χ4v) is 2.19. The number of nitrogens with zero attached hydrogens (tertiary/aromatic N) is 1. The van der Waals surface area contributed by atoms with E-state index in [-0.39, 0.29) is 10.9 Å². The lowest BCUT2D eigenvalue weighted by Crippen LogP contribution is -2.24. The van der Waals surface area contributed by atoms with E-state index < -0.39 is 0 Å². The van der Waals surface area contributed by atoms with E-state index in [4.69, 9.17) is 35.4 Å². The van der Waals surface area contributed by atoms with Crippen molar-refractivity contribution in [2.24, 2.45) is 5.10 Å². The van der Waals surface area contributed by atoms with Crippen molar-refractivity contribution in [3.63, 3.8) is 0 Å². The van der Waals surface area contributed by atoms with Crippen molar-refractivity contribution in [3.05, 3.63) is 64.1 Å². The Morgan fingerprint density at radius 1 is 1.14 bits per heavy atom. The molecule has 0 saturated heterocycles. The number of rotatable bonds is 4. The summed E-state index contributed by atoms with van der Waals surface area (Å²) in [5, 5.41) is 7.82. The number of hydrogen-bond donors (Lipinski definition) is 2. The van der Waals surface area contributed by atoms with E-state index in [2.05, 4.69) is 15.8 Å². The highest BCUT2D eigenvalue weighted by Crippen LogP contribution is 2.25. The largest absolute Gasteiger partial charge is 0.330 e. The Hall–Kier alpha value is -1.95. The maximum Gasteiger partial charge on any atom is 0.205 e. The van der Waals surface area contributed by atoms with Crippen molar-refractivity contribution in [1.82, 2.24) is 5.43 Å². The summed E-state index contributed by atoms with van der Waals surface area (Å²) in [5.74, 6) is -0.222. The summed E-state index contributed by atoms with van der Waals surface area (Å²) in [7, 11) is 0. The highest BCUT2D eigenvalue weighted by molar-refractivity contribution is 7.80. The van der Waals surface area contributed by atoms with Gasteiger partial charge in [0, 0.05) is 10.6 Å². The van der Waals surface area contributed by atoms with Gasteiger partial charge in [0.2, 0.25) is 5.78 Å². The summed E-state index contributed by atoms with van der Waals surface area (Å²) in [6.45, 7) is 0. The van der Waals surface area contributed by atoms with Crippen LogP contribution in [0.3, 0.4) is 0 Å². The molecule has 0 aliphatic rings. The van der Waals surface area contributed by atoms with Crippen molar-refractivity contribution in [3.8, 4) is 0 Å². The third-order valence-corrected chi connectivity index (χ3v) is 3.33. The number of carbonyl (C=O) groups is 1. The molecule has 0 amide bonds. The highest BCUT2D eigenvalue weighted by Gasteiger charge is 2.03. The highest BCUT2D eigenvalue weighted by atomic mass is 35.5. The number of hydrogen-bond acceptors (Lipinski definition) is 3. The predicted molar refractivity (Wildman–Crippen MR) is 95.1 cm³/mol. The molecule has 2 aromatic carbocycles. The monoisotopic (exact) mass is 351 g/mol. The topological polar surface area (TPSA) is 53.5 Å². The minimum Gasteiger partial charge on any atom is -0.330 e. The van der Waals surface area contributed by atoms with E-state index in [1.165, 1.54) is 0 Å². The van der Waals surface area contributed by atoms with Crippen molar-refractivity contribution < 1.29 is 4.79 Å². The van der Waals surface area contributed by atoms with E-state index >= 15 is 0 Å². The average molecular weight is 352 g/mol. The van der Waals surface area contributed by atoms with Gasteiger partial charge in [-0.05, 0) is 30.4 Å². The van der Waals surface area contributed by atoms with E-state index in [0.717, 1.165) is 6.21 Å². The van der Waals surface area contributed by atoms with Gasteiger partial charge in [-0.2, -0.15) is 5.10 Å². The van der Waals surface area contributed by atoms with Gasteiger partial charge in [0.1, 0.15) is 0 Å². The van der Waals surface area contributed by atoms with Crippen molar-refractivity contribution in [2.75, 3.05) is 5.32 Å². The molecule has 0 aromatic heterocycles. The summed E-state index contributed by atoms with van der Waals surface area (Å²) in [4.78, 5) is 11.8. The molecule has 0 bridgehead atoms. The Bertz CT molecular complexity index is 720. The van der Waals surface area contributed by atoms with Crippen LogP contribution in [0.5, 0.6) is 0 Å².